The van der Waals surface area contributed by atoms with Gasteiger partial charge in [-0.1, -0.05) is 12.8 Å². The van der Waals surface area contributed by atoms with E-state index in [2.05, 4.69) is 5.32 Å². The zero-order valence-electron chi connectivity index (χ0n) is 14.7. The van der Waals surface area contributed by atoms with Crippen LogP contribution in [0, 0.1) is 11.8 Å². The molecular weight excluding hydrogens is 328 g/mol. The van der Waals surface area contributed by atoms with Crippen LogP contribution in [0.5, 0.6) is 0 Å². The third kappa shape index (κ3) is 3.09. The minimum absolute atomic E-state index is 0.0115. The Morgan fingerprint density at radius 1 is 1.12 bits per heavy atom. The fraction of sp³-hybridized carbons (Fsp3) is 0.938. The second-order valence-corrected chi connectivity index (χ2v) is 10.2. The number of sulfonamides is 1. The molecule has 0 radical (unpaired) electrons. The standard InChI is InChI=1S/C16H30N4O3S/c1-19(2)24(22,23)16(17,15(21)20-7-3-4-8-20)18-14-10-12-5-6-13(9-12)11-14/h12-14,18H,3-11,17H2,1-2H3. The van der Waals surface area contributed by atoms with Crippen LogP contribution in [0.1, 0.15) is 44.9 Å². The number of nitrogens with two attached hydrogens (primary N) is 1. The van der Waals surface area contributed by atoms with Crippen molar-refractivity contribution >= 4 is 15.9 Å². The quantitative estimate of drug-likeness (QED) is 0.688. The van der Waals surface area contributed by atoms with Crippen molar-refractivity contribution in [2.45, 2.75) is 56.0 Å². The Morgan fingerprint density at radius 2 is 1.67 bits per heavy atom. The van der Waals surface area contributed by atoms with Crippen molar-refractivity contribution in [2.75, 3.05) is 27.2 Å². The average Bonchev–Trinajstić information content (AvgIpc) is 3.16. The molecule has 1 saturated heterocycles. The fourth-order valence-corrected chi connectivity index (χ4v) is 5.86. The molecule has 2 saturated carbocycles. The molecule has 7 nitrogen and oxygen atoms in total. The molecule has 3 fully saturated rings. The van der Waals surface area contributed by atoms with Gasteiger partial charge in [-0.15, -0.1) is 0 Å². The zero-order chi connectivity index (χ0) is 17.5. The summed E-state index contributed by atoms with van der Waals surface area (Å²) < 4.78 is 26.8. The van der Waals surface area contributed by atoms with Gasteiger partial charge in [0.1, 0.15) is 0 Å². The van der Waals surface area contributed by atoms with Crippen LogP contribution in [-0.2, 0) is 14.8 Å². The van der Waals surface area contributed by atoms with Crippen molar-refractivity contribution in [3.63, 3.8) is 0 Å². The monoisotopic (exact) mass is 358 g/mol. The molecular formula is C16H30N4O3S. The molecule has 3 atom stereocenters. The highest BCUT2D eigenvalue weighted by atomic mass is 32.2. The second kappa shape index (κ2) is 6.55. The van der Waals surface area contributed by atoms with E-state index in [1.165, 1.54) is 33.4 Å². The van der Waals surface area contributed by atoms with E-state index in [4.69, 9.17) is 5.73 Å². The highest BCUT2D eigenvalue weighted by Gasteiger charge is 2.53. The van der Waals surface area contributed by atoms with Crippen LogP contribution in [-0.4, -0.2) is 61.8 Å². The number of rotatable bonds is 5. The highest BCUT2D eigenvalue weighted by Crippen LogP contribution is 2.42. The van der Waals surface area contributed by atoms with Crippen LogP contribution < -0.4 is 11.1 Å². The summed E-state index contributed by atoms with van der Waals surface area (Å²) in [5, 5.41) is 3.09. The molecule has 3 unspecified atom stereocenters. The Balaban J connectivity index is 1.85. The Labute approximate surface area is 145 Å². The lowest BCUT2D eigenvalue weighted by molar-refractivity contribution is -0.134. The highest BCUT2D eigenvalue weighted by molar-refractivity contribution is 7.91. The number of hydrogen-bond acceptors (Lipinski definition) is 5. The summed E-state index contributed by atoms with van der Waals surface area (Å²) in [4.78, 5) is 12.5. The molecule has 3 aliphatic rings. The number of nitrogens with one attached hydrogen (secondary N) is 1. The van der Waals surface area contributed by atoms with Gasteiger partial charge in [0, 0.05) is 33.2 Å². The van der Waals surface area contributed by atoms with Crippen molar-refractivity contribution in [2.24, 2.45) is 17.6 Å². The van der Waals surface area contributed by atoms with Gasteiger partial charge in [-0.05, 0) is 43.9 Å². The van der Waals surface area contributed by atoms with E-state index in [1.54, 1.807) is 4.90 Å². The third-order valence-electron chi connectivity index (χ3n) is 5.90. The summed E-state index contributed by atoms with van der Waals surface area (Å²) in [6.45, 7) is 1.16. The smallest absolute Gasteiger partial charge is 0.275 e. The summed E-state index contributed by atoms with van der Waals surface area (Å²) in [7, 11) is -1.12. The number of fused-ring (bicyclic) bond motifs is 2. The van der Waals surface area contributed by atoms with Gasteiger partial charge in [0.25, 0.3) is 20.9 Å². The zero-order valence-corrected chi connectivity index (χ0v) is 15.5. The third-order valence-corrected chi connectivity index (χ3v) is 7.97. The van der Waals surface area contributed by atoms with E-state index in [1.807, 2.05) is 0 Å². The molecule has 3 rings (SSSR count). The maximum atomic E-state index is 13.0. The number of carbonyl (C=O) groups is 1. The average molecular weight is 359 g/mol. The summed E-state index contributed by atoms with van der Waals surface area (Å²) in [6, 6.07) is -0.0115. The molecule has 0 spiro atoms. The Kier molecular flexibility index (Phi) is 4.94. The first-order valence-corrected chi connectivity index (χ1v) is 10.5. The number of nitrogens with zero attached hydrogens (tertiary/aromatic N) is 2. The van der Waals surface area contributed by atoms with Crippen LogP contribution in [0.2, 0.25) is 0 Å². The summed E-state index contributed by atoms with van der Waals surface area (Å²) >= 11 is 0. The van der Waals surface area contributed by atoms with Crippen molar-refractivity contribution in [1.29, 1.82) is 0 Å². The molecule has 0 aromatic rings. The lowest BCUT2D eigenvalue weighted by Gasteiger charge is -2.39. The van der Waals surface area contributed by atoms with Gasteiger partial charge >= 0.3 is 0 Å². The first-order valence-electron chi connectivity index (χ1n) is 9.02. The minimum Gasteiger partial charge on any atom is -0.339 e. The largest absolute Gasteiger partial charge is 0.339 e. The van der Waals surface area contributed by atoms with Gasteiger partial charge < -0.3 is 4.90 Å². The second-order valence-electron chi connectivity index (χ2n) is 7.88. The molecule has 2 aliphatic carbocycles. The van der Waals surface area contributed by atoms with Crippen LogP contribution in [0.4, 0.5) is 0 Å². The Bertz CT molecular complexity index is 576. The lowest BCUT2D eigenvalue weighted by Crippen LogP contribution is -2.72. The minimum atomic E-state index is -3.98. The van der Waals surface area contributed by atoms with Gasteiger partial charge in [0.2, 0.25) is 0 Å². The van der Waals surface area contributed by atoms with Crippen molar-refractivity contribution in [3.05, 3.63) is 0 Å². The van der Waals surface area contributed by atoms with Gasteiger partial charge in [0.15, 0.2) is 0 Å². The van der Waals surface area contributed by atoms with Crippen molar-refractivity contribution in [1.82, 2.24) is 14.5 Å². The van der Waals surface area contributed by atoms with Gasteiger partial charge in [-0.3, -0.25) is 15.8 Å². The van der Waals surface area contributed by atoms with E-state index in [0.29, 0.717) is 24.9 Å². The first kappa shape index (κ1) is 18.1. The van der Waals surface area contributed by atoms with Gasteiger partial charge in [-0.2, -0.15) is 0 Å². The van der Waals surface area contributed by atoms with Crippen molar-refractivity contribution in [3.8, 4) is 0 Å². The summed E-state index contributed by atoms with van der Waals surface area (Å²) in [5.74, 6) is 0.760. The van der Waals surface area contributed by atoms with Gasteiger partial charge in [-0.25, -0.2) is 12.7 Å². The molecule has 1 aliphatic heterocycles. The van der Waals surface area contributed by atoms with Crippen LogP contribution in [0.15, 0.2) is 0 Å². The lowest BCUT2D eigenvalue weighted by atomic mass is 9.85. The SMILES string of the molecule is CN(C)S(=O)(=O)C(N)(NC1CC2CCC(C2)C1)C(=O)N1CCCC1. The molecule has 24 heavy (non-hydrogen) atoms. The summed E-state index contributed by atoms with van der Waals surface area (Å²) in [6.07, 6.45) is 7.27. The van der Waals surface area contributed by atoms with Crippen molar-refractivity contribution < 1.29 is 13.2 Å². The molecule has 138 valence electrons. The van der Waals surface area contributed by atoms with E-state index < -0.39 is 20.9 Å². The molecule has 0 aromatic carbocycles. The number of likely N-dealkylation sites (tertiary alicyclic amines) is 1. The predicted molar refractivity (Wildman–Crippen MR) is 92.3 cm³/mol. The predicted octanol–water partition coefficient (Wildman–Crippen LogP) is 0.281. The topological polar surface area (TPSA) is 95.7 Å². The van der Waals surface area contributed by atoms with E-state index in [9.17, 15) is 13.2 Å². The van der Waals surface area contributed by atoms with Crippen LogP contribution in [0.25, 0.3) is 0 Å². The summed E-state index contributed by atoms with van der Waals surface area (Å²) in [5.41, 5.74) is 6.31. The Morgan fingerprint density at radius 3 is 2.17 bits per heavy atom. The molecule has 3 N–H and O–H groups in total. The molecule has 2 bridgehead atoms. The molecule has 1 heterocycles. The first-order chi connectivity index (χ1) is 11.2. The maximum absolute atomic E-state index is 13.0. The van der Waals surface area contributed by atoms with Gasteiger partial charge in [0.05, 0.1) is 0 Å². The van der Waals surface area contributed by atoms with Crippen LogP contribution >= 0.6 is 0 Å². The molecule has 0 aromatic heterocycles. The number of carbonyl (C=O) groups excluding carboxylic acids is 1. The Hall–Kier alpha value is -0.700. The molecule has 8 heteroatoms. The van der Waals surface area contributed by atoms with E-state index in [-0.39, 0.29) is 6.04 Å². The molecule has 1 amide bonds. The van der Waals surface area contributed by atoms with Crippen LogP contribution in [0.3, 0.4) is 0 Å². The number of amides is 1. The maximum Gasteiger partial charge on any atom is 0.275 e. The van der Waals surface area contributed by atoms with E-state index >= 15 is 0 Å². The number of hydrogen-bond donors (Lipinski definition) is 2. The van der Waals surface area contributed by atoms with E-state index in [0.717, 1.165) is 30.0 Å². The fourth-order valence-electron chi connectivity index (χ4n) is 4.62. The normalized spacial score (nSPS) is 33.0.